The molecule has 5 nitrogen and oxygen atoms in total. The Balaban J connectivity index is 2.58. The van der Waals surface area contributed by atoms with Gasteiger partial charge >= 0.3 is 0 Å². The average molecular weight is 222 g/mol. The van der Waals surface area contributed by atoms with Gasteiger partial charge in [0.15, 0.2) is 17.0 Å². The summed E-state index contributed by atoms with van der Waals surface area (Å²) < 4.78 is 1.96. The van der Waals surface area contributed by atoms with Crippen molar-refractivity contribution in [1.82, 2.24) is 19.5 Å². The molecule has 0 fully saturated rings. The van der Waals surface area contributed by atoms with E-state index in [4.69, 9.17) is 12.6 Å². The molecule has 0 amide bonds. The lowest BCUT2D eigenvalue weighted by atomic mass is 10.4. The van der Waals surface area contributed by atoms with Gasteiger partial charge in [-0.15, -0.1) is 0 Å². The van der Waals surface area contributed by atoms with E-state index in [-0.39, 0.29) is 0 Å². The Kier molecular flexibility index (Phi) is 2.77. The number of fused-ring (bicyclic) bond motifs is 1. The highest BCUT2D eigenvalue weighted by atomic mass is 32.1. The van der Waals surface area contributed by atoms with E-state index in [1.54, 1.807) is 12.7 Å². The molecule has 2 heterocycles. The fourth-order valence-corrected chi connectivity index (χ4v) is 1.65. The van der Waals surface area contributed by atoms with Crippen molar-refractivity contribution in [3.8, 4) is 0 Å². The van der Waals surface area contributed by atoms with Crippen LogP contribution < -0.4 is 4.90 Å². The maximum Gasteiger partial charge on any atom is 0.165 e. The third-order valence-corrected chi connectivity index (χ3v) is 2.32. The molecular formula is C9H12N5S. The number of aromatic nitrogens is 4. The van der Waals surface area contributed by atoms with Crippen LogP contribution in [0.2, 0.25) is 0 Å². The monoisotopic (exact) mass is 222 g/mol. The highest BCUT2D eigenvalue weighted by molar-refractivity contribution is 7.80. The summed E-state index contributed by atoms with van der Waals surface area (Å²) in [6.07, 6.45) is 3.32. The summed E-state index contributed by atoms with van der Waals surface area (Å²) in [6.45, 7) is 0.760. The molecule has 0 saturated carbocycles. The molecule has 79 valence electrons. The zero-order chi connectivity index (χ0) is 10.8. The van der Waals surface area contributed by atoms with Crippen molar-refractivity contribution in [3.63, 3.8) is 0 Å². The largest absolute Gasteiger partial charge is 0.361 e. The molecule has 0 saturated heterocycles. The summed E-state index contributed by atoms with van der Waals surface area (Å²) in [6, 6.07) is 0. The van der Waals surface area contributed by atoms with E-state index >= 15 is 0 Å². The van der Waals surface area contributed by atoms with E-state index in [9.17, 15) is 0 Å². The van der Waals surface area contributed by atoms with Crippen LogP contribution in [0.25, 0.3) is 11.2 Å². The molecule has 2 aromatic heterocycles. The molecule has 0 spiro atoms. The van der Waals surface area contributed by atoms with Gasteiger partial charge in [0.1, 0.15) is 6.33 Å². The van der Waals surface area contributed by atoms with Gasteiger partial charge in [-0.2, -0.15) is 0 Å². The fourth-order valence-electron chi connectivity index (χ4n) is 1.46. The molecule has 15 heavy (non-hydrogen) atoms. The van der Waals surface area contributed by atoms with E-state index in [0.29, 0.717) is 5.75 Å². The van der Waals surface area contributed by atoms with Gasteiger partial charge in [0.2, 0.25) is 0 Å². The molecule has 6 heteroatoms. The minimum Gasteiger partial charge on any atom is -0.361 e. The predicted molar refractivity (Wildman–Crippen MR) is 62.1 cm³/mol. The van der Waals surface area contributed by atoms with E-state index < -0.39 is 0 Å². The number of hydrogen-bond donors (Lipinski definition) is 0. The normalized spacial score (nSPS) is 10.9. The summed E-state index contributed by atoms with van der Waals surface area (Å²) >= 11 is 4.94. The Bertz CT molecular complexity index is 464. The van der Waals surface area contributed by atoms with E-state index in [0.717, 1.165) is 23.5 Å². The first-order valence-electron chi connectivity index (χ1n) is 4.65. The predicted octanol–water partition coefficient (Wildman–Crippen LogP) is 1.09. The minimum atomic E-state index is 0.659. The Morgan fingerprint density at radius 2 is 2.13 bits per heavy atom. The Labute approximate surface area is 93.6 Å². The zero-order valence-electron chi connectivity index (χ0n) is 8.71. The van der Waals surface area contributed by atoms with Gasteiger partial charge in [0.05, 0.1) is 6.33 Å². The Morgan fingerprint density at radius 3 is 2.80 bits per heavy atom. The van der Waals surface area contributed by atoms with Gasteiger partial charge in [-0.3, -0.25) is 0 Å². The number of rotatable bonds is 3. The third kappa shape index (κ3) is 1.77. The van der Waals surface area contributed by atoms with Crippen molar-refractivity contribution in [2.24, 2.45) is 0 Å². The van der Waals surface area contributed by atoms with Gasteiger partial charge in [-0.1, -0.05) is 12.6 Å². The average Bonchev–Trinajstić information content (AvgIpc) is 2.62. The van der Waals surface area contributed by atoms with Crippen LogP contribution >= 0.6 is 12.6 Å². The van der Waals surface area contributed by atoms with Crippen molar-refractivity contribution >= 4 is 29.6 Å². The van der Waals surface area contributed by atoms with Crippen LogP contribution in [0.5, 0.6) is 0 Å². The van der Waals surface area contributed by atoms with Crippen LogP contribution in [0, 0.1) is 0 Å². The van der Waals surface area contributed by atoms with Gasteiger partial charge in [-0.05, 0) is 0 Å². The lowest BCUT2D eigenvalue weighted by molar-refractivity contribution is 0.788. The first-order chi connectivity index (χ1) is 7.24. The summed E-state index contributed by atoms with van der Waals surface area (Å²) in [5, 5.41) is 0. The van der Waals surface area contributed by atoms with E-state index in [2.05, 4.69) is 15.0 Å². The van der Waals surface area contributed by atoms with Gasteiger partial charge in [0, 0.05) is 26.4 Å². The molecule has 1 radical (unpaired) electrons. The second kappa shape index (κ2) is 4.06. The SMILES string of the molecule is CN(C)c1ncnc2c1ncn2CC[S]. The standard InChI is InChI=1S/C9H12N5S/c1-13(2)8-7-9(11-5-10-8)14(3-4-15)6-12-7/h5-6H,3-4H2,1-2H3. The van der Waals surface area contributed by atoms with Crippen molar-refractivity contribution in [3.05, 3.63) is 12.7 Å². The highest BCUT2D eigenvalue weighted by Crippen LogP contribution is 2.18. The number of hydrogen-bond acceptors (Lipinski definition) is 4. The lowest BCUT2D eigenvalue weighted by Gasteiger charge is -2.10. The smallest absolute Gasteiger partial charge is 0.165 e. The first-order valence-corrected chi connectivity index (χ1v) is 5.23. The second-order valence-electron chi connectivity index (χ2n) is 3.41. The van der Waals surface area contributed by atoms with Crippen molar-refractivity contribution in [2.45, 2.75) is 6.54 Å². The fraction of sp³-hybridized carbons (Fsp3) is 0.444. The summed E-state index contributed by atoms with van der Waals surface area (Å²) in [5.41, 5.74) is 1.67. The molecular weight excluding hydrogens is 210 g/mol. The van der Waals surface area contributed by atoms with Crippen molar-refractivity contribution in [1.29, 1.82) is 0 Å². The van der Waals surface area contributed by atoms with Crippen molar-refractivity contribution < 1.29 is 0 Å². The summed E-state index contributed by atoms with van der Waals surface area (Å²) in [7, 11) is 3.88. The zero-order valence-corrected chi connectivity index (χ0v) is 9.53. The van der Waals surface area contributed by atoms with Gasteiger partial charge in [0.25, 0.3) is 0 Å². The Morgan fingerprint density at radius 1 is 1.33 bits per heavy atom. The van der Waals surface area contributed by atoms with E-state index in [1.165, 1.54) is 0 Å². The Hall–Kier alpha value is -1.30. The van der Waals surface area contributed by atoms with Gasteiger partial charge < -0.3 is 9.47 Å². The molecule has 0 atom stereocenters. The van der Waals surface area contributed by atoms with Crippen LogP contribution in [-0.2, 0) is 6.54 Å². The molecule has 2 aromatic rings. The third-order valence-electron chi connectivity index (χ3n) is 2.14. The first kappa shape index (κ1) is 10.2. The summed E-state index contributed by atoms with van der Waals surface area (Å²) in [5.74, 6) is 1.50. The van der Waals surface area contributed by atoms with Crippen LogP contribution in [0.4, 0.5) is 5.82 Å². The number of imidazole rings is 1. The van der Waals surface area contributed by atoms with Crippen LogP contribution in [0.15, 0.2) is 12.7 Å². The molecule has 0 aliphatic carbocycles. The van der Waals surface area contributed by atoms with Crippen molar-refractivity contribution in [2.75, 3.05) is 24.7 Å². The quantitative estimate of drug-likeness (QED) is 0.780. The molecule has 0 bridgehead atoms. The lowest BCUT2D eigenvalue weighted by Crippen LogP contribution is -2.11. The van der Waals surface area contributed by atoms with Gasteiger partial charge in [-0.25, -0.2) is 15.0 Å². The maximum absolute atomic E-state index is 4.94. The highest BCUT2D eigenvalue weighted by Gasteiger charge is 2.10. The second-order valence-corrected chi connectivity index (χ2v) is 3.81. The number of anilines is 1. The maximum atomic E-state index is 4.94. The topological polar surface area (TPSA) is 46.8 Å². The van der Waals surface area contributed by atoms with E-state index in [1.807, 2.05) is 23.6 Å². The number of nitrogens with zero attached hydrogens (tertiary/aromatic N) is 5. The molecule has 2 rings (SSSR count). The minimum absolute atomic E-state index is 0.659. The molecule has 0 aliphatic rings. The number of aryl methyl sites for hydroxylation is 1. The molecule has 0 aliphatic heterocycles. The molecule has 0 N–H and O–H groups in total. The van der Waals surface area contributed by atoms with Crippen LogP contribution in [0.1, 0.15) is 0 Å². The van der Waals surface area contributed by atoms with Crippen LogP contribution in [0.3, 0.4) is 0 Å². The van der Waals surface area contributed by atoms with Crippen LogP contribution in [-0.4, -0.2) is 39.4 Å². The molecule has 0 unspecified atom stereocenters. The summed E-state index contributed by atoms with van der Waals surface area (Å²) in [4.78, 5) is 14.6. The molecule has 0 aromatic carbocycles.